The first-order chi connectivity index (χ1) is 7.41. The molecule has 0 radical (unpaired) electrons. The topological polar surface area (TPSA) is 106 Å². The van der Waals surface area contributed by atoms with E-state index in [0.29, 0.717) is 5.69 Å². The molecule has 0 atom stereocenters. The molecule has 1 aromatic heterocycles. The van der Waals surface area contributed by atoms with Crippen LogP contribution in [0.4, 0.5) is 9.59 Å². The molecule has 0 aromatic carbocycles. The molecule has 16 heavy (non-hydrogen) atoms. The van der Waals surface area contributed by atoms with Crippen LogP contribution in [0, 0.1) is 13.8 Å². The molecule has 1 aromatic rings. The van der Waals surface area contributed by atoms with Crippen LogP contribution in [-0.2, 0) is 0 Å². The smallest absolute Gasteiger partial charge is 0.449 e. The van der Waals surface area contributed by atoms with Crippen LogP contribution in [0.3, 0.4) is 0 Å². The van der Waals surface area contributed by atoms with Gasteiger partial charge >= 0.3 is 12.3 Å². The summed E-state index contributed by atoms with van der Waals surface area (Å²) in [5, 5.41) is 16.9. The first-order valence-corrected chi connectivity index (χ1v) is 4.19. The van der Waals surface area contributed by atoms with E-state index in [4.69, 9.17) is 10.2 Å². The van der Waals surface area contributed by atoms with E-state index in [0.717, 1.165) is 0 Å². The summed E-state index contributed by atoms with van der Waals surface area (Å²) in [7, 11) is 0. The molecule has 7 heteroatoms. The molecule has 0 aliphatic rings. The Kier molecular flexibility index (Phi) is 3.29. The van der Waals surface area contributed by atoms with Gasteiger partial charge in [0.05, 0.1) is 11.9 Å². The number of carbonyl (C=O) groups is 2. The molecule has 1 rings (SSSR count). The number of hydrogen-bond donors (Lipinski definition) is 2. The molecule has 0 spiro atoms. The van der Waals surface area contributed by atoms with Crippen LogP contribution in [-0.4, -0.2) is 27.5 Å². The SMILES string of the molecule is Cc1ncc(OC(=O)O)c(C)c1OC(=O)O. The number of pyridine rings is 1. The Labute approximate surface area is 90.2 Å². The fraction of sp³-hybridized carbons (Fsp3) is 0.222. The molecular formula is C9H9NO6. The van der Waals surface area contributed by atoms with Crippen molar-refractivity contribution in [1.29, 1.82) is 0 Å². The first kappa shape index (κ1) is 11.8. The number of aromatic nitrogens is 1. The van der Waals surface area contributed by atoms with Crippen molar-refractivity contribution in [2.45, 2.75) is 13.8 Å². The van der Waals surface area contributed by atoms with Gasteiger partial charge in [-0.2, -0.15) is 0 Å². The van der Waals surface area contributed by atoms with Crippen LogP contribution in [0.25, 0.3) is 0 Å². The van der Waals surface area contributed by atoms with Crippen molar-refractivity contribution in [2.75, 3.05) is 0 Å². The largest absolute Gasteiger partial charge is 0.511 e. The molecule has 1 heterocycles. The zero-order valence-corrected chi connectivity index (χ0v) is 8.55. The van der Waals surface area contributed by atoms with Crippen molar-refractivity contribution in [2.24, 2.45) is 0 Å². The zero-order valence-electron chi connectivity index (χ0n) is 8.55. The average Bonchev–Trinajstić information content (AvgIpc) is 2.16. The zero-order chi connectivity index (χ0) is 12.3. The van der Waals surface area contributed by atoms with Crippen molar-refractivity contribution < 1.29 is 29.3 Å². The monoisotopic (exact) mass is 227 g/mol. The Hall–Kier alpha value is -2.31. The Balaban J connectivity index is 3.15. The van der Waals surface area contributed by atoms with Crippen molar-refractivity contribution in [1.82, 2.24) is 4.98 Å². The number of carboxylic acid groups (broad SMARTS) is 2. The Morgan fingerprint density at radius 2 is 1.75 bits per heavy atom. The molecule has 0 saturated heterocycles. The van der Waals surface area contributed by atoms with Crippen molar-refractivity contribution in [3.8, 4) is 11.5 Å². The standard InChI is InChI=1S/C9H9NO6/c1-4-6(15-8(11)12)3-10-5(2)7(4)16-9(13)14/h3H,1-2H3,(H,11,12)(H,13,14). The van der Waals surface area contributed by atoms with Crippen LogP contribution in [0.5, 0.6) is 11.5 Å². The van der Waals surface area contributed by atoms with Gasteiger partial charge in [-0.1, -0.05) is 0 Å². The van der Waals surface area contributed by atoms with Crippen LogP contribution in [0.2, 0.25) is 0 Å². The van der Waals surface area contributed by atoms with E-state index in [-0.39, 0.29) is 17.1 Å². The molecule has 0 bridgehead atoms. The average molecular weight is 227 g/mol. The van der Waals surface area contributed by atoms with E-state index >= 15 is 0 Å². The summed E-state index contributed by atoms with van der Waals surface area (Å²) in [4.78, 5) is 24.5. The van der Waals surface area contributed by atoms with Gasteiger partial charge in [0.1, 0.15) is 0 Å². The summed E-state index contributed by atoms with van der Waals surface area (Å²) in [6.07, 6.45) is -1.82. The summed E-state index contributed by atoms with van der Waals surface area (Å²) in [6.45, 7) is 3.01. The molecule has 0 amide bonds. The lowest BCUT2D eigenvalue weighted by Crippen LogP contribution is -2.10. The third kappa shape index (κ3) is 2.59. The van der Waals surface area contributed by atoms with E-state index in [9.17, 15) is 9.59 Å². The highest BCUT2D eigenvalue weighted by Crippen LogP contribution is 2.29. The second kappa shape index (κ2) is 4.47. The second-order valence-corrected chi connectivity index (χ2v) is 2.90. The minimum absolute atomic E-state index is 0.0220. The highest BCUT2D eigenvalue weighted by molar-refractivity contribution is 5.66. The van der Waals surface area contributed by atoms with Gasteiger partial charge < -0.3 is 19.7 Å². The van der Waals surface area contributed by atoms with E-state index in [1.54, 1.807) is 0 Å². The molecule has 0 aliphatic carbocycles. The maximum Gasteiger partial charge on any atom is 0.511 e. The second-order valence-electron chi connectivity index (χ2n) is 2.90. The molecule has 0 unspecified atom stereocenters. The van der Waals surface area contributed by atoms with Crippen molar-refractivity contribution in [3.05, 3.63) is 17.5 Å². The predicted octanol–water partition coefficient (Wildman–Crippen LogP) is 1.81. The summed E-state index contributed by atoms with van der Waals surface area (Å²) in [5.41, 5.74) is 0.593. The Morgan fingerprint density at radius 1 is 1.19 bits per heavy atom. The lowest BCUT2D eigenvalue weighted by Gasteiger charge is -2.10. The van der Waals surface area contributed by atoms with Crippen LogP contribution < -0.4 is 9.47 Å². The number of ether oxygens (including phenoxy) is 2. The number of nitrogens with zero attached hydrogens (tertiary/aromatic N) is 1. The van der Waals surface area contributed by atoms with E-state index in [1.807, 2.05) is 0 Å². The minimum atomic E-state index is -1.50. The van der Waals surface area contributed by atoms with E-state index in [2.05, 4.69) is 14.5 Å². The predicted molar refractivity (Wildman–Crippen MR) is 51.0 cm³/mol. The third-order valence-corrected chi connectivity index (χ3v) is 1.80. The normalized spacial score (nSPS) is 9.62. The summed E-state index contributed by atoms with van der Waals surface area (Å²) in [5.74, 6) is -0.0828. The van der Waals surface area contributed by atoms with E-state index < -0.39 is 12.3 Å². The lowest BCUT2D eigenvalue weighted by molar-refractivity contribution is 0.141. The minimum Gasteiger partial charge on any atom is -0.449 e. The van der Waals surface area contributed by atoms with Gasteiger partial charge in [-0.25, -0.2) is 9.59 Å². The van der Waals surface area contributed by atoms with Gasteiger partial charge in [0.25, 0.3) is 0 Å². The first-order valence-electron chi connectivity index (χ1n) is 4.19. The molecule has 2 N–H and O–H groups in total. The Bertz CT molecular complexity index is 442. The number of aryl methyl sites for hydroxylation is 1. The lowest BCUT2D eigenvalue weighted by atomic mass is 10.2. The highest BCUT2D eigenvalue weighted by atomic mass is 16.7. The number of hydrogen-bond acceptors (Lipinski definition) is 5. The van der Waals surface area contributed by atoms with Crippen LogP contribution >= 0.6 is 0 Å². The van der Waals surface area contributed by atoms with Gasteiger partial charge in [-0.05, 0) is 13.8 Å². The fourth-order valence-electron chi connectivity index (χ4n) is 1.13. The molecule has 7 nitrogen and oxygen atoms in total. The summed E-state index contributed by atoms with van der Waals surface area (Å²) >= 11 is 0. The molecule has 86 valence electrons. The molecule has 0 aliphatic heterocycles. The molecule has 0 fully saturated rings. The van der Waals surface area contributed by atoms with Crippen molar-refractivity contribution >= 4 is 12.3 Å². The Morgan fingerprint density at radius 3 is 2.25 bits per heavy atom. The van der Waals surface area contributed by atoms with Crippen LogP contribution in [0.15, 0.2) is 6.20 Å². The maximum absolute atomic E-state index is 10.4. The van der Waals surface area contributed by atoms with Gasteiger partial charge in [-0.3, -0.25) is 4.98 Å². The van der Waals surface area contributed by atoms with Gasteiger partial charge in [0, 0.05) is 5.56 Å². The van der Waals surface area contributed by atoms with Crippen LogP contribution in [0.1, 0.15) is 11.3 Å². The molecule has 0 saturated carbocycles. The van der Waals surface area contributed by atoms with Gasteiger partial charge in [0.15, 0.2) is 11.5 Å². The quantitative estimate of drug-likeness (QED) is 0.742. The fourth-order valence-corrected chi connectivity index (χ4v) is 1.13. The van der Waals surface area contributed by atoms with Crippen molar-refractivity contribution in [3.63, 3.8) is 0 Å². The highest BCUT2D eigenvalue weighted by Gasteiger charge is 2.15. The summed E-state index contributed by atoms with van der Waals surface area (Å²) in [6, 6.07) is 0. The van der Waals surface area contributed by atoms with Gasteiger partial charge in [-0.15, -0.1) is 0 Å². The van der Waals surface area contributed by atoms with Gasteiger partial charge in [0.2, 0.25) is 0 Å². The number of rotatable bonds is 2. The van der Waals surface area contributed by atoms with E-state index in [1.165, 1.54) is 20.0 Å². The summed E-state index contributed by atoms with van der Waals surface area (Å²) < 4.78 is 8.88. The maximum atomic E-state index is 10.4. The third-order valence-electron chi connectivity index (χ3n) is 1.80. The molecular weight excluding hydrogens is 218 g/mol.